The van der Waals surface area contributed by atoms with Gasteiger partial charge in [-0.15, -0.1) is 0 Å². The summed E-state index contributed by atoms with van der Waals surface area (Å²) in [6.45, 7) is 8.49. The molecule has 0 amide bonds. The number of amidine groups is 1. The highest BCUT2D eigenvalue weighted by molar-refractivity contribution is 5.82. The van der Waals surface area contributed by atoms with Crippen LogP contribution in [0, 0.1) is 17.7 Å². The summed E-state index contributed by atoms with van der Waals surface area (Å²) in [4.78, 5) is 2.49. The minimum Gasteiger partial charge on any atom is -0.387 e. The highest BCUT2D eigenvalue weighted by atomic mass is 15.1. The van der Waals surface area contributed by atoms with Crippen LogP contribution in [0.2, 0.25) is 0 Å². The molecule has 0 saturated carbocycles. The Morgan fingerprint density at radius 3 is 2.85 bits per heavy atom. The van der Waals surface area contributed by atoms with Gasteiger partial charge in [-0.1, -0.05) is 31.5 Å². The molecule has 20 heavy (non-hydrogen) atoms. The van der Waals surface area contributed by atoms with E-state index in [0.717, 1.165) is 25.9 Å². The van der Waals surface area contributed by atoms with Gasteiger partial charge >= 0.3 is 0 Å². The van der Waals surface area contributed by atoms with Crippen molar-refractivity contribution < 1.29 is 0 Å². The zero-order valence-corrected chi connectivity index (χ0v) is 13.0. The Morgan fingerprint density at radius 2 is 2.15 bits per heavy atom. The first kappa shape index (κ1) is 14.9. The van der Waals surface area contributed by atoms with E-state index in [-0.39, 0.29) is 5.41 Å². The fourth-order valence-corrected chi connectivity index (χ4v) is 2.88. The molecule has 1 aromatic carbocycles. The fraction of sp³-hybridized carbons (Fsp3) is 0.588. The summed E-state index contributed by atoms with van der Waals surface area (Å²) in [7, 11) is 0. The van der Waals surface area contributed by atoms with E-state index in [0.29, 0.717) is 5.84 Å². The van der Waals surface area contributed by atoms with Crippen molar-refractivity contribution in [2.45, 2.75) is 46.5 Å². The number of fused-ring (bicyclic) bond motifs is 1. The van der Waals surface area contributed by atoms with Crippen LogP contribution in [0.5, 0.6) is 0 Å². The van der Waals surface area contributed by atoms with Gasteiger partial charge in [0.1, 0.15) is 0 Å². The summed E-state index contributed by atoms with van der Waals surface area (Å²) in [6, 6.07) is 6.79. The lowest BCUT2D eigenvalue weighted by atomic mass is 9.86. The van der Waals surface area contributed by atoms with Gasteiger partial charge in [-0.3, -0.25) is 5.41 Å². The Bertz CT molecular complexity index is 491. The largest absolute Gasteiger partial charge is 0.387 e. The Kier molecular flexibility index (Phi) is 4.36. The lowest BCUT2D eigenvalue weighted by Gasteiger charge is -2.33. The Hall–Kier alpha value is -1.51. The number of hydrogen-bond donors (Lipinski definition) is 2. The monoisotopic (exact) mass is 273 g/mol. The molecular formula is C17H27N3. The van der Waals surface area contributed by atoms with E-state index >= 15 is 0 Å². The second-order valence-corrected chi connectivity index (χ2v) is 6.62. The average Bonchev–Trinajstić information content (AvgIpc) is 2.38. The molecule has 1 heterocycles. The van der Waals surface area contributed by atoms with Crippen LogP contribution in [0.4, 0.5) is 5.69 Å². The quantitative estimate of drug-likeness (QED) is 0.637. The molecule has 110 valence electrons. The zero-order chi connectivity index (χ0) is 14.8. The number of nitrogens with zero attached hydrogens (tertiary/aromatic N) is 1. The molecule has 0 unspecified atom stereocenters. The van der Waals surface area contributed by atoms with Gasteiger partial charge in [-0.05, 0) is 44.2 Å². The summed E-state index contributed by atoms with van der Waals surface area (Å²) in [6.07, 6.45) is 4.50. The van der Waals surface area contributed by atoms with Crippen molar-refractivity contribution in [1.29, 1.82) is 5.41 Å². The first-order valence-electron chi connectivity index (χ1n) is 7.59. The van der Waals surface area contributed by atoms with Crippen LogP contribution in [0.15, 0.2) is 18.2 Å². The van der Waals surface area contributed by atoms with Gasteiger partial charge in [-0.25, -0.2) is 0 Å². The zero-order valence-electron chi connectivity index (χ0n) is 13.0. The van der Waals surface area contributed by atoms with E-state index in [4.69, 9.17) is 11.1 Å². The standard InChI is InChI=1S/C17H27N3/c1-13-7-8-15-14(12-13)6-4-10-20(15)11-5-9-17(2,3)16(18)19/h7-8,12H,4-6,9-11H2,1-3H3,(H3,18,19). The summed E-state index contributed by atoms with van der Waals surface area (Å²) in [5.41, 5.74) is 9.72. The van der Waals surface area contributed by atoms with Gasteiger partial charge in [0.05, 0.1) is 5.84 Å². The smallest absolute Gasteiger partial charge is 0.0963 e. The maximum absolute atomic E-state index is 7.62. The van der Waals surface area contributed by atoms with Crippen molar-refractivity contribution in [2.24, 2.45) is 11.1 Å². The Balaban J connectivity index is 1.97. The van der Waals surface area contributed by atoms with Gasteiger partial charge in [0.15, 0.2) is 0 Å². The van der Waals surface area contributed by atoms with E-state index < -0.39 is 0 Å². The number of hydrogen-bond acceptors (Lipinski definition) is 2. The van der Waals surface area contributed by atoms with Gasteiger partial charge in [0.2, 0.25) is 0 Å². The summed E-state index contributed by atoms with van der Waals surface area (Å²) < 4.78 is 0. The number of nitrogens with one attached hydrogen (secondary N) is 1. The molecule has 0 bridgehead atoms. The van der Waals surface area contributed by atoms with Crippen molar-refractivity contribution in [3.05, 3.63) is 29.3 Å². The van der Waals surface area contributed by atoms with Gasteiger partial charge < -0.3 is 10.6 Å². The van der Waals surface area contributed by atoms with Crippen LogP contribution < -0.4 is 10.6 Å². The normalized spacial score (nSPS) is 15.1. The minimum absolute atomic E-state index is 0.175. The average molecular weight is 273 g/mol. The van der Waals surface area contributed by atoms with Gasteiger partial charge in [0, 0.05) is 24.2 Å². The van der Waals surface area contributed by atoms with Crippen LogP contribution in [-0.4, -0.2) is 18.9 Å². The van der Waals surface area contributed by atoms with Crippen molar-refractivity contribution in [2.75, 3.05) is 18.0 Å². The van der Waals surface area contributed by atoms with Gasteiger partial charge in [0.25, 0.3) is 0 Å². The molecule has 1 aliphatic rings. The number of rotatable bonds is 5. The lowest BCUT2D eigenvalue weighted by molar-refractivity contribution is 0.448. The maximum atomic E-state index is 7.62. The SMILES string of the molecule is Cc1ccc2c(c1)CCCN2CCCC(C)(C)C(=N)N. The molecular weight excluding hydrogens is 246 g/mol. The van der Waals surface area contributed by atoms with Gasteiger partial charge in [-0.2, -0.15) is 0 Å². The molecule has 0 radical (unpaired) electrons. The molecule has 0 fully saturated rings. The predicted octanol–water partition coefficient (Wildman–Crippen LogP) is 3.49. The molecule has 3 nitrogen and oxygen atoms in total. The maximum Gasteiger partial charge on any atom is 0.0963 e. The third-order valence-electron chi connectivity index (χ3n) is 4.41. The Morgan fingerprint density at radius 1 is 1.40 bits per heavy atom. The summed E-state index contributed by atoms with van der Waals surface area (Å²) in [5, 5.41) is 7.62. The van der Waals surface area contributed by atoms with E-state index in [2.05, 4.69) is 43.9 Å². The fourth-order valence-electron chi connectivity index (χ4n) is 2.88. The lowest BCUT2D eigenvalue weighted by Crippen LogP contribution is -2.34. The van der Waals surface area contributed by atoms with E-state index in [1.165, 1.54) is 29.7 Å². The molecule has 0 aromatic heterocycles. The second kappa shape index (κ2) is 5.86. The number of benzene rings is 1. The van der Waals surface area contributed by atoms with E-state index in [9.17, 15) is 0 Å². The third kappa shape index (κ3) is 3.33. The highest BCUT2D eigenvalue weighted by Gasteiger charge is 2.22. The predicted molar refractivity (Wildman–Crippen MR) is 86.6 cm³/mol. The molecule has 1 aromatic rings. The van der Waals surface area contributed by atoms with E-state index in [1.807, 2.05) is 0 Å². The molecule has 3 N–H and O–H groups in total. The molecule has 3 heteroatoms. The summed E-state index contributed by atoms with van der Waals surface area (Å²) in [5.74, 6) is 0.298. The van der Waals surface area contributed by atoms with Crippen molar-refractivity contribution >= 4 is 11.5 Å². The Labute approximate surface area is 122 Å². The molecule has 0 saturated heterocycles. The molecule has 0 aliphatic carbocycles. The number of aryl methyl sites for hydroxylation is 2. The van der Waals surface area contributed by atoms with Crippen LogP contribution in [-0.2, 0) is 6.42 Å². The first-order valence-corrected chi connectivity index (χ1v) is 7.59. The van der Waals surface area contributed by atoms with Crippen LogP contribution >= 0.6 is 0 Å². The number of anilines is 1. The highest BCUT2D eigenvalue weighted by Crippen LogP contribution is 2.29. The molecule has 1 aliphatic heterocycles. The third-order valence-corrected chi connectivity index (χ3v) is 4.41. The molecule has 0 spiro atoms. The van der Waals surface area contributed by atoms with Crippen LogP contribution in [0.25, 0.3) is 0 Å². The van der Waals surface area contributed by atoms with Crippen molar-refractivity contribution in [3.63, 3.8) is 0 Å². The molecule has 0 atom stereocenters. The van der Waals surface area contributed by atoms with Crippen LogP contribution in [0.3, 0.4) is 0 Å². The van der Waals surface area contributed by atoms with Crippen LogP contribution in [0.1, 0.15) is 44.2 Å². The second-order valence-electron chi connectivity index (χ2n) is 6.62. The minimum atomic E-state index is -0.175. The topological polar surface area (TPSA) is 53.1 Å². The van der Waals surface area contributed by atoms with E-state index in [1.54, 1.807) is 0 Å². The van der Waals surface area contributed by atoms with Crippen molar-refractivity contribution in [3.8, 4) is 0 Å². The first-order chi connectivity index (χ1) is 9.40. The number of nitrogens with two attached hydrogens (primary N) is 1. The van der Waals surface area contributed by atoms with Crippen molar-refractivity contribution in [1.82, 2.24) is 0 Å². The summed E-state index contributed by atoms with van der Waals surface area (Å²) >= 11 is 0. The molecule has 2 rings (SSSR count).